The molecule has 0 amide bonds. The van der Waals surface area contributed by atoms with Crippen LogP contribution in [0.15, 0.2) is 54.6 Å². The van der Waals surface area contributed by atoms with Gasteiger partial charge in [0.05, 0.1) is 0 Å². The minimum absolute atomic E-state index is 0.547. The van der Waals surface area contributed by atoms with Crippen molar-refractivity contribution < 1.29 is 0 Å². The fraction of sp³-hybridized carbons (Fsp3) is 0.368. The molecule has 2 unspecified atom stereocenters. The van der Waals surface area contributed by atoms with E-state index in [1.165, 1.54) is 18.4 Å². The second kappa shape index (κ2) is 6.23. The fourth-order valence-electron chi connectivity index (χ4n) is 3.49. The van der Waals surface area contributed by atoms with E-state index in [1.54, 1.807) is 11.1 Å². The first-order chi connectivity index (χ1) is 9.88. The molecule has 0 bridgehead atoms. The smallest absolute Gasteiger partial charge is 0.0176 e. The summed E-state index contributed by atoms with van der Waals surface area (Å²) in [5, 5.41) is 3.71. The van der Waals surface area contributed by atoms with Gasteiger partial charge in [0.15, 0.2) is 0 Å². The molecule has 1 aliphatic rings. The van der Waals surface area contributed by atoms with Crippen molar-refractivity contribution in [2.45, 2.75) is 38.1 Å². The molecule has 0 saturated heterocycles. The highest BCUT2D eigenvalue weighted by Gasteiger charge is 2.28. The van der Waals surface area contributed by atoms with Crippen LogP contribution in [0, 0.1) is 0 Å². The van der Waals surface area contributed by atoms with Crippen LogP contribution in [0.25, 0.3) is 0 Å². The van der Waals surface area contributed by atoms with Gasteiger partial charge in [-0.2, -0.15) is 0 Å². The van der Waals surface area contributed by atoms with Crippen molar-refractivity contribution in [3.8, 4) is 0 Å². The molecule has 0 aromatic heterocycles. The summed E-state index contributed by atoms with van der Waals surface area (Å²) in [4.78, 5) is 0. The molecule has 0 fully saturated rings. The molecule has 20 heavy (non-hydrogen) atoms. The highest BCUT2D eigenvalue weighted by molar-refractivity contribution is 5.36. The number of fused-ring (bicyclic) bond motifs is 1. The second-order valence-electron chi connectivity index (χ2n) is 5.70. The molecule has 1 heteroatoms. The summed E-state index contributed by atoms with van der Waals surface area (Å²) in [6.45, 7) is 3.25. The molecule has 2 aromatic rings. The van der Waals surface area contributed by atoms with E-state index < -0.39 is 0 Å². The maximum absolute atomic E-state index is 3.71. The van der Waals surface area contributed by atoms with Gasteiger partial charge in [-0.3, -0.25) is 0 Å². The lowest BCUT2D eigenvalue weighted by atomic mass is 9.89. The van der Waals surface area contributed by atoms with E-state index in [2.05, 4.69) is 66.8 Å². The Morgan fingerprint density at radius 1 is 1.05 bits per heavy atom. The monoisotopic (exact) mass is 265 g/mol. The van der Waals surface area contributed by atoms with Gasteiger partial charge >= 0.3 is 0 Å². The van der Waals surface area contributed by atoms with Crippen LogP contribution in [0.1, 0.15) is 36.0 Å². The third-order valence-electron chi connectivity index (χ3n) is 4.43. The molecule has 0 aliphatic heterocycles. The lowest BCUT2D eigenvalue weighted by molar-refractivity contribution is 0.435. The van der Waals surface area contributed by atoms with Crippen molar-refractivity contribution in [1.82, 2.24) is 5.32 Å². The Balaban J connectivity index is 1.81. The molecule has 3 rings (SSSR count). The zero-order chi connectivity index (χ0) is 13.8. The number of hydrogen-bond acceptors (Lipinski definition) is 1. The van der Waals surface area contributed by atoms with Crippen LogP contribution in [0.4, 0.5) is 0 Å². The molecule has 104 valence electrons. The minimum atomic E-state index is 0.547. The molecular weight excluding hydrogens is 242 g/mol. The van der Waals surface area contributed by atoms with E-state index in [0.29, 0.717) is 12.0 Å². The lowest BCUT2D eigenvalue weighted by Crippen LogP contribution is -2.36. The molecular formula is C19H23N. The highest BCUT2D eigenvalue weighted by Crippen LogP contribution is 2.36. The van der Waals surface area contributed by atoms with Crippen LogP contribution in [-0.2, 0) is 12.8 Å². The van der Waals surface area contributed by atoms with Gasteiger partial charge < -0.3 is 5.32 Å². The molecule has 1 N–H and O–H groups in total. The average Bonchev–Trinajstić information content (AvgIpc) is 2.92. The van der Waals surface area contributed by atoms with Crippen molar-refractivity contribution in [2.24, 2.45) is 0 Å². The Labute approximate surface area is 122 Å². The largest absolute Gasteiger partial charge is 0.313 e. The number of nitrogens with one attached hydrogen (secondary N) is 1. The summed E-state index contributed by atoms with van der Waals surface area (Å²) >= 11 is 0. The van der Waals surface area contributed by atoms with Crippen LogP contribution < -0.4 is 5.32 Å². The molecule has 2 aromatic carbocycles. The van der Waals surface area contributed by atoms with Crippen LogP contribution in [0.2, 0.25) is 0 Å². The van der Waals surface area contributed by atoms with Crippen LogP contribution >= 0.6 is 0 Å². The SMILES string of the molecule is CCNC(Cc1ccccc1)C1CCc2ccccc21. The first kappa shape index (κ1) is 13.4. The predicted molar refractivity (Wildman–Crippen MR) is 85.1 cm³/mol. The first-order valence-corrected chi connectivity index (χ1v) is 7.73. The van der Waals surface area contributed by atoms with Gasteiger partial charge in [0.25, 0.3) is 0 Å². The summed E-state index contributed by atoms with van der Waals surface area (Å²) in [5.41, 5.74) is 4.55. The molecule has 0 heterocycles. The van der Waals surface area contributed by atoms with Gasteiger partial charge in [0.2, 0.25) is 0 Å². The van der Waals surface area contributed by atoms with Crippen molar-refractivity contribution in [2.75, 3.05) is 6.54 Å². The molecule has 1 nitrogen and oxygen atoms in total. The molecule has 0 saturated carbocycles. The minimum Gasteiger partial charge on any atom is -0.313 e. The predicted octanol–water partition coefficient (Wildman–Crippen LogP) is 3.94. The Hall–Kier alpha value is -1.60. The number of hydrogen-bond donors (Lipinski definition) is 1. The average molecular weight is 265 g/mol. The van der Waals surface area contributed by atoms with Gasteiger partial charge in [0, 0.05) is 12.0 Å². The third kappa shape index (κ3) is 2.78. The normalized spacial score (nSPS) is 18.8. The molecule has 2 atom stereocenters. The summed E-state index contributed by atoms with van der Waals surface area (Å²) in [7, 11) is 0. The van der Waals surface area contributed by atoms with E-state index >= 15 is 0 Å². The van der Waals surface area contributed by atoms with Gasteiger partial charge in [0.1, 0.15) is 0 Å². The maximum Gasteiger partial charge on any atom is 0.0176 e. The topological polar surface area (TPSA) is 12.0 Å². The quantitative estimate of drug-likeness (QED) is 0.863. The van der Waals surface area contributed by atoms with Crippen LogP contribution in [-0.4, -0.2) is 12.6 Å². The van der Waals surface area contributed by atoms with Gasteiger partial charge in [-0.25, -0.2) is 0 Å². The fourth-order valence-corrected chi connectivity index (χ4v) is 3.49. The zero-order valence-electron chi connectivity index (χ0n) is 12.2. The zero-order valence-corrected chi connectivity index (χ0v) is 12.2. The Morgan fingerprint density at radius 3 is 2.60 bits per heavy atom. The standard InChI is InChI=1S/C19H23N/c1-2-20-19(14-15-8-4-3-5-9-15)18-13-12-16-10-6-7-11-17(16)18/h3-11,18-20H,2,12-14H2,1H3. The Morgan fingerprint density at radius 2 is 1.80 bits per heavy atom. The first-order valence-electron chi connectivity index (χ1n) is 7.73. The number of rotatable bonds is 5. The Kier molecular flexibility index (Phi) is 4.17. The van der Waals surface area contributed by atoms with E-state index in [-0.39, 0.29) is 0 Å². The number of likely N-dealkylation sites (N-methyl/N-ethyl adjacent to an activating group) is 1. The van der Waals surface area contributed by atoms with Crippen molar-refractivity contribution in [3.63, 3.8) is 0 Å². The summed E-state index contributed by atoms with van der Waals surface area (Å²) < 4.78 is 0. The van der Waals surface area contributed by atoms with E-state index in [0.717, 1.165) is 13.0 Å². The summed E-state index contributed by atoms with van der Waals surface area (Å²) in [6, 6.07) is 20.4. The van der Waals surface area contributed by atoms with Gasteiger partial charge in [-0.1, -0.05) is 61.5 Å². The van der Waals surface area contributed by atoms with E-state index in [4.69, 9.17) is 0 Å². The number of aryl methyl sites for hydroxylation is 1. The van der Waals surface area contributed by atoms with Crippen LogP contribution in [0.5, 0.6) is 0 Å². The van der Waals surface area contributed by atoms with Crippen molar-refractivity contribution in [3.05, 3.63) is 71.3 Å². The van der Waals surface area contributed by atoms with Crippen LogP contribution in [0.3, 0.4) is 0 Å². The molecule has 0 spiro atoms. The Bertz CT molecular complexity index is 547. The summed E-state index contributed by atoms with van der Waals surface area (Å²) in [6.07, 6.45) is 3.63. The highest BCUT2D eigenvalue weighted by atomic mass is 14.9. The van der Waals surface area contributed by atoms with E-state index in [1.807, 2.05) is 0 Å². The third-order valence-corrected chi connectivity index (χ3v) is 4.43. The lowest BCUT2D eigenvalue weighted by Gasteiger charge is -2.25. The van der Waals surface area contributed by atoms with Gasteiger partial charge in [-0.15, -0.1) is 0 Å². The van der Waals surface area contributed by atoms with E-state index in [9.17, 15) is 0 Å². The second-order valence-corrected chi connectivity index (χ2v) is 5.70. The molecule has 1 aliphatic carbocycles. The maximum atomic E-state index is 3.71. The van der Waals surface area contributed by atoms with Crippen molar-refractivity contribution in [1.29, 1.82) is 0 Å². The van der Waals surface area contributed by atoms with Crippen molar-refractivity contribution >= 4 is 0 Å². The summed E-state index contributed by atoms with van der Waals surface area (Å²) in [5.74, 6) is 0.659. The molecule has 0 radical (unpaired) electrons. The number of benzene rings is 2. The van der Waals surface area contributed by atoms with Gasteiger partial charge in [-0.05, 0) is 42.5 Å².